The lowest BCUT2D eigenvalue weighted by Gasteiger charge is -2.21. The maximum Gasteiger partial charge on any atom is 0.216 e. The fraction of sp³-hybridized carbons (Fsp3) is 0.533. The van der Waals surface area contributed by atoms with Gasteiger partial charge in [-0.3, -0.25) is 0 Å². The van der Waals surface area contributed by atoms with Gasteiger partial charge >= 0.3 is 0 Å². The largest absolute Gasteiger partial charge is 0.481 e. The molecular formula is C15H20N4OS. The molecule has 112 valence electrons. The van der Waals surface area contributed by atoms with E-state index in [1.165, 1.54) is 29.7 Å². The van der Waals surface area contributed by atoms with Crippen molar-refractivity contribution in [3.8, 4) is 16.6 Å². The number of thiazole rings is 1. The molecule has 0 bridgehead atoms. The molecule has 0 aromatic carbocycles. The van der Waals surface area contributed by atoms with Crippen LogP contribution in [0.25, 0.3) is 10.7 Å². The molecule has 2 aromatic rings. The zero-order valence-electron chi connectivity index (χ0n) is 12.4. The quantitative estimate of drug-likeness (QED) is 0.920. The Bertz CT molecular complexity index is 613. The molecule has 0 saturated carbocycles. The normalized spacial score (nSPS) is 17.5. The fourth-order valence-electron chi connectivity index (χ4n) is 2.70. The first-order valence-corrected chi connectivity index (χ1v) is 8.20. The highest BCUT2D eigenvalue weighted by molar-refractivity contribution is 7.15. The maximum absolute atomic E-state index is 5.17. The van der Waals surface area contributed by atoms with Crippen LogP contribution in [0.2, 0.25) is 0 Å². The van der Waals surface area contributed by atoms with Gasteiger partial charge in [-0.15, -0.1) is 11.3 Å². The van der Waals surface area contributed by atoms with Crippen molar-refractivity contribution >= 4 is 11.3 Å². The summed E-state index contributed by atoms with van der Waals surface area (Å²) in [7, 11) is 1.62. The van der Waals surface area contributed by atoms with Crippen LogP contribution in [0.4, 0.5) is 0 Å². The van der Waals surface area contributed by atoms with Gasteiger partial charge in [-0.1, -0.05) is 6.92 Å². The minimum atomic E-state index is 0.530. The second-order valence-corrected chi connectivity index (χ2v) is 6.25. The van der Waals surface area contributed by atoms with Crippen molar-refractivity contribution in [3.05, 3.63) is 23.0 Å². The van der Waals surface area contributed by atoms with E-state index >= 15 is 0 Å². The third-order valence-electron chi connectivity index (χ3n) is 3.78. The number of ether oxygens (including phenoxy) is 1. The molecule has 1 N–H and O–H groups in total. The van der Waals surface area contributed by atoms with Crippen LogP contribution in [0.5, 0.6) is 5.88 Å². The Morgan fingerprint density at radius 3 is 3.14 bits per heavy atom. The van der Waals surface area contributed by atoms with Crippen molar-refractivity contribution in [2.45, 2.75) is 32.1 Å². The number of fused-ring (bicyclic) bond motifs is 1. The topological polar surface area (TPSA) is 59.9 Å². The molecule has 5 nitrogen and oxygen atoms in total. The SMILES string of the molecule is CCNCC1CCCc2sc(-c3cc(OC)ncn3)nc21. The fourth-order valence-corrected chi connectivity index (χ4v) is 3.86. The standard InChI is InChI=1S/C15H20N4OS/c1-3-16-8-10-5-4-6-12-14(10)19-15(21-12)11-7-13(20-2)18-9-17-11/h7,9-10,16H,3-6,8H2,1-2H3. The van der Waals surface area contributed by atoms with Gasteiger partial charge in [-0.2, -0.15) is 0 Å². The summed E-state index contributed by atoms with van der Waals surface area (Å²) in [6, 6.07) is 1.85. The highest BCUT2D eigenvalue weighted by Crippen LogP contribution is 2.37. The highest BCUT2D eigenvalue weighted by atomic mass is 32.1. The molecule has 3 rings (SSSR count). The van der Waals surface area contributed by atoms with Gasteiger partial charge in [0.05, 0.1) is 12.8 Å². The summed E-state index contributed by atoms with van der Waals surface area (Å²) in [6.07, 6.45) is 5.14. The van der Waals surface area contributed by atoms with E-state index in [2.05, 4.69) is 22.2 Å². The Balaban J connectivity index is 1.90. The molecule has 0 radical (unpaired) electrons. The predicted octanol–water partition coefficient (Wildman–Crippen LogP) is 2.64. The van der Waals surface area contributed by atoms with E-state index in [4.69, 9.17) is 9.72 Å². The third-order valence-corrected chi connectivity index (χ3v) is 4.94. The molecule has 21 heavy (non-hydrogen) atoms. The lowest BCUT2D eigenvalue weighted by molar-refractivity contribution is 0.397. The van der Waals surface area contributed by atoms with Crippen molar-refractivity contribution in [3.63, 3.8) is 0 Å². The van der Waals surface area contributed by atoms with Gasteiger partial charge in [0.15, 0.2) is 0 Å². The molecule has 1 aliphatic carbocycles. The van der Waals surface area contributed by atoms with E-state index in [0.29, 0.717) is 11.8 Å². The van der Waals surface area contributed by atoms with Crippen LogP contribution in [0, 0.1) is 0 Å². The van der Waals surface area contributed by atoms with Gasteiger partial charge in [-0.25, -0.2) is 15.0 Å². The monoisotopic (exact) mass is 304 g/mol. The van der Waals surface area contributed by atoms with Crippen LogP contribution in [-0.4, -0.2) is 35.2 Å². The van der Waals surface area contributed by atoms with Gasteiger partial charge in [0.25, 0.3) is 0 Å². The predicted molar refractivity (Wildman–Crippen MR) is 83.9 cm³/mol. The van der Waals surface area contributed by atoms with Crippen molar-refractivity contribution in [2.24, 2.45) is 0 Å². The zero-order chi connectivity index (χ0) is 14.7. The number of hydrogen-bond donors (Lipinski definition) is 1. The van der Waals surface area contributed by atoms with Crippen LogP contribution in [0.15, 0.2) is 12.4 Å². The van der Waals surface area contributed by atoms with Gasteiger partial charge < -0.3 is 10.1 Å². The number of methoxy groups -OCH3 is 1. The number of aryl methyl sites for hydroxylation is 1. The lowest BCUT2D eigenvalue weighted by atomic mass is 9.91. The first-order chi connectivity index (χ1) is 10.3. The summed E-state index contributed by atoms with van der Waals surface area (Å²) >= 11 is 1.76. The van der Waals surface area contributed by atoms with Crippen LogP contribution < -0.4 is 10.1 Å². The number of likely N-dealkylation sites (N-methyl/N-ethyl adjacent to an activating group) is 1. The summed E-state index contributed by atoms with van der Waals surface area (Å²) in [6.45, 7) is 4.16. The summed E-state index contributed by atoms with van der Waals surface area (Å²) < 4.78 is 5.17. The molecule has 1 atom stereocenters. The lowest BCUT2D eigenvalue weighted by Crippen LogP contribution is -2.23. The Labute approximate surface area is 128 Å². The van der Waals surface area contributed by atoms with E-state index in [1.807, 2.05) is 6.07 Å². The van der Waals surface area contributed by atoms with Gasteiger partial charge in [0.2, 0.25) is 5.88 Å². The average Bonchev–Trinajstić information content (AvgIpc) is 2.97. The Hall–Kier alpha value is -1.53. The Kier molecular flexibility index (Phi) is 4.45. The number of rotatable bonds is 5. The van der Waals surface area contributed by atoms with E-state index in [1.54, 1.807) is 18.4 Å². The molecule has 0 amide bonds. The van der Waals surface area contributed by atoms with Crippen LogP contribution in [0.1, 0.15) is 36.3 Å². The average molecular weight is 304 g/mol. The Morgan fingerprint density at radius 2 is 2.33 bits per heavy atom. The van der Waals surface area contributed by atoms with Crippen molar-refractivity contribution in [1.29, 1.82) is 0 Å². The molecule has 2 heterocycles. The first-order valence-electron chi connectivity index (χ1n) is 7.38. The summed E-state index contributed by atoms with van der Waals surface area (Å²) in [5, 5.41) is 4.42. The summed E-state index contributed by atoms with van der Waals surface area (Å²) in [5.41, 5.74) is 2.11. The van der Waals surface area contributed by atoms with E-state index < -0.39 is 0 Å². The van der Waals surface area contributed by atoms with Crippen molar-refractivity contribution in [1.82, 2.24) is 20.3 Å². The number of nitrogens with one attached hydrogen (secondary N) is 1. The molecule has 0 aliphatic heterocycles. The van der Waals surface area contributed by atoms with E-state index in [-0.39, 0.29) is 0 Å². The number of aromatic nitrogens is 3. The third kappa shape index (κ3) is 3.06. The van der Waals surface area contributed by atoms with Crippen molar-refractivity contribution in [2.75, 3.05) is 20.2 Å². The molecule has 0 fully saturated rings. The minimum absolute atomic E-state index is 0.530. The molecule has 0 spiro atoms. The smallest absolute Gasteiger partial charge is 0.216 e. The van der Waals surface area contributed by atoms with Gasteiger partial charge in [0, 0.05) is 23.4 Å². The molecule has 0 saturated heterocycles. The zero-order valence-corrected chi connectivity index (χ0v) is 13.2. The van der Waals surface area contributed by atoms with Gasteiger partial charge in [-0.05, 0) is 25.8 Å². The Morgan fingerprint density at radius 1 is 1.43 bits per heavy atom. The second-order valence-electron chi connectivity index (χ2n) is 5.17. The maximum atomic E-state index is 5.17. The molecule has 6 heteroatoms. The van der Waals surface area contributed by atoms with Gasteiger partial charge in [0.1, 0.15) is 17.0 Å². The second kappa shape index (κ2) is 6.49. The van der Waals surface area contributed by atoms with Crippen LogP contribution >= 0.6 is 11.3 Å². The van der Waals surface area contributed by atoms with E-state index in [0.717, 1.165) is 30.2 Å². The molecule has 1 aliphatic rings. The van der Waals surface area contributed by atoms with Crippen LogP contribution in [0.3, 0.4) is 0 Å². The summed E-state index contributed by atoms with van der Waals surface area (Å²) in [5.74, 6) is 1.11. The molecule has 1 unspecified atom stereocenters. The number of hydrogen-bond acceptors (Lipinski definition) is 6. The first kappa shape index (κ1) is 14.4. The van der Waals surface area contributed by atoms with Crippen molar-refractivity contribution < 1.29 is 4.74 Å². The number of nitrogens with zero attached hydrogens (tertiary/aromatic N) is 3. The molecule has 2 aromatic heterocycles. The highest BCUT2D eigenvalue weighted by Gasteiger charge is 2.25. The van der Waals surface area contributed by atoms with Crippen LogP contribution in [-0.2, 0) is 6.42 Å². The summed E-state index contributed by atoms with van der Waals surface area (Å²) in [4.78, 5) is 14.7. The molecular weight excluding hydrogens is 284 g/mol. The van der Waals surface area contributed by atoms with E-state index in [9.17, 15) is 0 Å². The minimum Gasteiger partial charge on any atom is -0.481 e.